The van der Waals surface area contributed by atoms with Gasteiger partial charge in [0.15, 0.2) is 0 Å². The van der Waals surface area contributed by atoms with Crippen molar-refractivity contribution in [2.24, 2.45) is 0 Å². The van der Waals surface area contributed by atoms with E-state index in [0.717, 1.165) is 45.3 Å². The van der Waals surface area contributed by atoms with Crippen LogP contribution in [0.25, 0.3) is 0 Å². The fourth-order valence-corrected chi connectivity index (χ4v) is 2.11. The number of rotatable bonds is 14. The molecule has 4 radical (unpaired) electrons. The molecule has 266 valence electrons. The Hall–Kier alpha value is 4.24. The van der Waals surface area contributed by atoms with Crippen molar-refractivity contribution in [3.63, 3.8) is 0 Å². The Balaban J connectivity index is -0.0000000489. The van der Waals surface area contributed by atoms with Gasteiger partial charge in [-0.25, -0.2) is 0 Å². The molecule has 0 aromatic rings. The van der Waals surface area contributed by atoms with Crippen LogP contribution >= 0.6 is 120 Å². The van der Waals surface area contributed by atoms with Gasteiger partial charge >= 0.3 is 130 Å². The summed E-state index contributed by atoms with van der Waals surface area (Å²) in [5.74, 6) is 0.292. The van der Waals surface area contributed by atoms with Crippen molar-refractivity contribution in [1.29, 1.82) is 0 Å². The molecule has 18 heteroatoms. The van der Waals surface area contributed by atoms with Crippen molar-refractivity contribution in [3.05, 3.63) is 7.43 Å². The molecule has 0 rings (SSSR count). The Kier molecular flexibility index (Phi) is 104. The standard InChI is InChI=1S/C8H15NO2.C7H15NO.C6H13NO.C4H11N.CH3.B.6HI.3V/c1-3-4-8(11)5-6-9-7(2)10;1-3-4-5-6-8-7(2)9;1-3-4-5-7-6(2)8;1-2-3-4-5;;;;;;;;;;;/h3-6H2,1-2H3,(H,9,10);3-6H2,1-2H3,(H,8,9);3-5H2,1-2H3,(H,7,8);2-5H2,1H3;1H3;;6*1H;;;/q;;;;-1;;;;;;;;;2*+3/p-5. The molecule has 0 fully saturated rings. The monoisotopic (exact) mass is 1420 g/mol. The van der Waals surface area contributed by atoms with Gasteiger partial charge in [0.25, 0.3) is 0 Å². The van der Waals surface area contributed by atoms with Gasteiger partial charge in [-0.15, -0.1) is 0 Å². The number of unbranched alkanes of at least 4 members (excludes halogenated alkanes) is 4. The third kappa shape index (κ3) is 137. The van der Waals surface area contributed by atoms with Crippen LogP contribution in [0.2, 0.25) is 0 Å². The molecular weight excluding hydrogens is 1360 g/mol. The Labute approximate surface area is 360 Å². The first-order chi connectivity index (χ1) is 19.1. The molecule has 0 spiro atoms. The average molecular weight is 1420 g/mol. The number of hydrogen-bond acceptors (Lipinski definition) is 4. The molecule has 0 heterocycles. The number of Topliss-reactive ketones (excluding diaryl/α,β-unsaturated/α-hetero) is 1. The van der Waals surface area contributed by atoms with Crippen LogP contribution in [0.3, 0.4) is 0 Å². The maximum atomic E-state index is 10.9. The maximum Gasteiger partial charge on any atom is 0 e. The van der Waals surface area contributed by atoms with Crippen molar-refractivity contribution >= 4 is 152 Å². The summed E-state index contributed by atoms with van der Waals surface area (Å²) in [6.45, 7) is 16.2. The number of amides is 3. The molecule has 0 saturated heterocycles. The number of ketones is 1. The molecule has 0 bridgehead atoms. The van der Waals surface area contributed by atoms with E-state index in [0.29, 0.717) is 19.4 Å². The fourth-order valence-electron chi connectivity index (χ4n) is 2.11. The largest absolute Gasteiger partial charge is 0 e. The maximum absolute atomic E-state index is 10.9. The molecule has 3 amide bonds. The van der Waals surface area contributed by atoms with E-state index in [9.17, 15) is 19.2 Å². The SMILES string of the molecule is CCCC(=O)CCNC(C)=O.CCCCCNC(C)=O.CCCCNC(C)=O.CCCC[NH3+].[B].[CH3-].[I][V]([I])[I].[I][V]([I])[I].[V]. The topological polar surface area (TPSA) is 132 Å². The molecule has 0 aliphatic carbocycles. The zero-order valence-electron chi connectivity index (χ0n) is 27.9. The molecule has 0 aliphatic heterocycles. The van der Waals surface area contributed by atoms with Crippen LogP contribution in [-0.2, 0) is 47.6 Å². The predicted octanol–water partition coefficient (Wildman–Crippen LogP) is 8.52. The van der Waals surface area contributed by atoms with E-state index in [1.807, 2.05) is 6.92 Å². The number of nitrogens with one attached hydrogen (secondary N) is 3. The van der Waals surface area contributed by atoms with Crippen LogP contribution in [-0.4, -0.2) is 58.1 Å². The van der Waals surface area contributed by atoms with Crippen molar-refractivity contribution < 1.29 is 53.3 Å². The quantitative estimate of drug-likeness (QED) is 0.0602. The van der Waals surface area contributed by atoms with Gasteiger partial charge in [0, 0.05) is 80.2 Å². The minimum absolute atomic E-state index is 0. The zero-order valence-corrected chi connectivity index (χ0v) is 45.1. The van der Waals surface area contributed by atoms with E-state index < -0.39 is 0 Å². The van der Waals surface area contributed by atoms with E-state index in [2.05, 4.69) is 162 Å². The molecular formula is C26H58BI6N4O4V3. The van der Waals surface area contributed by atoms with Crippen LogP contribution in [0.5, 0.6) is 0 Å². The van der Waals surface area contributed by atoms with Gasteiger partial charge in [0.05, 0.1) is 6.54 Å². The second kappa shape index (κ2) is 65.6. The van der Waals surface area contributed by atoms with Crippen molar-refractivity contribution in [3.8, 4) is 0 Å². The van der Waals surface area contributed by atoms with Crippen molar-refractivity contribution in [2.75, 3.05) is 26.2 Å². The van der Waals surface area contributed by atoms with Gasteiger partial charge in [-0.1, -0.05) is 53.4 Å². The molecule has 44 heavy (non-hydrogen) atoms. The minimum atomic E-state index is -0.278. The first-order valence-corrected chi connectivity index (χ1v) is 40.7. The van der Waals surface area contributed by atoms with Gasteiger partial charge < -0.3 is 29.1 Å². The fraction of sp³-hybridized carbons (Fsp3) is 0.808. The number of quaternary nitrogens is 1. The first-order valence-electron chi connectivity index (χ1n) is 13.7. The van der Waals surface area contributed by atoms with Gasteiger partial charge in [-0.2, -0.15) is 0 Å². The van der Waals surface area contributed by atoms with E-state index in [1.165, 1.54) is 39.5 Å². The summed E-state index contributed by atoms with van der Waals surface area (Å²) in [6, 6.07) is 0. The summed E-state index contributed by atoms with van der Waals surface area (Å²) in [6.07, 6.45) is 10.3. The van der Waals surface area contributed by atoms with Crippen LogP contribution in [0, 0.1) is 7.43 Å². The summed E-state index contributed by atoms with van der Waals surface area (Å²) in [5, 5.41) is 8.02. The van der Waals surface area contributed by atoms with Crippen LogP contribution in [0.1, 0.15) is 113 Å². The third-order valence-corrected chi connectivity index (χ3v) is 3.97. The van der Waals surface area contributed by atoms with E-state index in [1.54, 1.807) is 6.92 Å². The Morgan fingerprint density at radius 2 is 0.886 bits per heavy atom. The number of carbonyl (C=O) groups is 4. The molecule has 0 aromatic heterocycles. The Bertz CT molecular complexity index is 570. The summed E-state index contributed by atoms with van der Waals surface area (Å²) >= 11 is 14.8. The zero-order chi connectivity index (χ0) is 33.5. The van der Waals surface area contributed by atoms with E-state index in [4.69, 9.17) is 0 Å². The summed E-state index contributed by atoms with van der Waals surface area (Å²) in [4.78, 5) is 41.2. The van der Waals surface area contributed by atoms with Gasteiger partial charge in [0.2, 0.25) is 17.7 Å². The molecule has 0 aliphatic rings. The first kappa shape index (κ1) is 69.9. The molecule has 8 nitrogen and oxygen atoms in total. The van der Waals surface area contributed by atoms with Crippen LogP contribution in [0.4, 0.5) is 0 Å². The number of halogens is 6. The van der Waals surface area contributed by atoms with Gasteiger partial charge in [-0.05, 0) is 25.7 Å². The summed E-state index contributed by atoms with van der Waals surface area (Å²) in [5.41, 5.74) is 3.68. The molecule has 0 unspecified atom stereocenters. The van der Waals surface area contributed by atoms with Crippen LogP contribution < -0.4 is 21.7 Å². The number of hydrogen-bond donors (Lipinski definition) is 4. The predicted molar refractivity (Wildman–Crippen MR) is 234 cm³/mol. The Morgan fingerprint density at radius 3 is 1.14 bits per heavy atom. The molecule has 6 N–H and O–H groups in total. The smallest absolute Gasteiger partial charge is 0 e. The summed E-state index contributed by atoms with van der Waals surface area (Å²) < 4.78 is 0. The second-order valence-electron chi connectivity index (χ2n) is 8.14. The normalized spacial score (nSPS) is 8.36. The number of carbonyl (C=O) groups excluding carboxylic acids is 4. The summed E-state index contributed by atoms with van der Waals surface area (Å²) in [7, 11) is 0. The van der Waals surface area contributed by atoms with Crippen molar-refractivity contribution in [1.82, 2.24) is 16.0 Å². The van der Waals surface area contributed by atoms with Gasteiger partial charge in [-0.3, -0.25) is 19.2 Å². The van der Waals surface area contributed by atoms with E-state index >= 15 is 0 Å². The Morgan fingerprint density at radius 1 is 0.568 bits per heavy atom. The van der Waals surface area contributed by atoms with E-state index in [-0.39, 0.29) is 67.7 Å². The van der Waals surface area contributed by atoms with Crippen LogP contribution in [0.15, 0.2) is 0 Å². The molecule has 0 aromatic carbocycles. The third-order valence-electron chi connectivity index (χ3n) is 3.97. The van der Waals surface area contributed by atoms with Crippen molar-refractivity contribution in [2.45, 2.75) is 113 Å². The minimum Gasteiger partial charge on any atom is 0 e. The average Bonchev–Trinajstić information content (AvgIpc) is 2.83. The van der Waals surface area contributed by atoms with Gasteiger partial charge in [0.1, 0.15) is 5.78 Å². The molecule has 0 atom stereocenters. The second-order valence-corrected chi connectivity index (χ2v) is 78.9. The molecule has 0 saturated carbocycles.